The number of rotatable bonds is 8. The van der Waals surface area contributed by atoms with Gasteiger partial charge in [0.05, 0.1) is 32.3 Å². The molecule has 62 heavy (non-hydrogen) atoms. The van der Waals surface area contributed by atoms with Crippen molar-refractivity contribution < 1.29 is 31.2 Å². The summed E-state index contributed by atoms with van der Waals surface area (Å²) in [4.78, 5) is 26.6. The lowest BCUT2D eigenvalue weighted by Gasteiger charge is -2.18. The van der Waals surface area contributed by atoms with E-state index in [-0.39, 0.29) is 16.0 Å². The van der Waals surface area contributed by atoms with Crippen molar-refractivity contribution in [3.63, 3.8) is 0 Å². The summed E-state index contributed by atoms with van der Waals surface area (Å²) in [5, 5.41) is 1.41. The second kappa shape index (κ2) is 17.5. The lowest BCUT2D eigenvalue weighted by Crippen LogP contribution is -2.18. The number of anilines is 2. The van der Waals surface area contributed by atoms with Gasteiger partial charge in [-0.2, -0.15) is 0 Å². The van der Waals surface area contributed by atoms with Crippen LogP contribution in [0.15, 0.2) is 168 Å². The third kappa shape index (κ3) is 9.20. The smallest absolute Gasteiger partial charge is 0.346 e. The van der Waals surface area contributed by atoms with Crippen LogP contribution in [-0.4, -0.2) is 28.8 Å². The van der Waals surface area contributed by atoms with Gasteiger partial charge in [-0.25, -0.2) is 26.4 Å². The molecule has 0 amide bonds. The Kier molecular flexibility index (Phi) is 11.6. The van der Waals surface area contributed by atoms with Crippen molar-refractivity contribution in [2.75, 3.05) is 9.44 Å². The molecule has 0 saturated carbocycles. The standard InChI is InChI=1S/C51H36N2O7S2/c1-35-33-37(24-27-41-14-6-9-19-48(41)53-62(58,59)49-20-10-16-39-12-4-7-17-46(39)49)25-32-45(35)51(55)60-50(54)42-28-22-36(23-29-42)21-26-40-13-5-8-18-47(40)52-61(56,57)44-31-30-38-11-2-3-15-43(38)34-44/h2-20,22-23,25,28-29,32-34,52-53H,30-31H2,1H3. The normalized spacial score (nSPS) is 12.0. The van der Waals surface area contributed by atoms with Crippen molar-refractivity contribution in [2.24, 2.45) is 0 Å². The third-order valence-corrected chi connectivity index (χ3v) is 13.1. The van der Waals surface area contributed by atoms with Gasteiger partial charge in [-0.15, -0.1) is 0 Å². The zero-order valence-corrected chi connectivity index (χ0v) is 34.8. The molecule has 7 aromatic carbocycles. The van der Waals surface area contributed by atoms with E-state index in [1.807, 2.05) is 42.5 Å². The number of benzene rings is 7. The highest BCUT2D eigenvalue weighted by Gasteiger charge is 2.23. The van der Waals surface area contributed by atoms with Crippen LogP contribution in [0.1, 0.15) is 66.1 Å². The van der Waals surface area contributed by atoms with E-state index in [1.54, 1.807) is 110 Å². The summed E-state index contributed by atoms with van der Waals surface area (Å²) in [5.74, 6) is 10.4. The van der Waals surface area contributed by atoms with E-state index < -0.39 is 32.0 Å². The molecule has 0 fully saturated rings. The Bertz CT molecular complexity index is 3310. The first-order valence-corrected chi connectivity index (χ1v) is 22.4. The minimum atomic E-state index is -3.95. The Balaban J connectivity index is 0.908. The fourth-order valence-corrected chi connectivity index (χ4v) is 9.52. The number of carbonyl (C=O) groups is 2. The van der Waals surface area contributed by atoms with Gasteiger partial charge in [0.1, 0.15) is 0 Å². The molecule has 0 atom stereocenters. The minimum Gasteiger partial charge on any atom is -0.386 e. The van der Waals surface area contributed by atoms with Gasteiger partial charge in [0.15, 0.2) is 0 Å². The maximum atomic E-state index is 13.5. The molecule has 11 heteroatoms. The Morgan fingerprint density at radius 3 is 1.89 bits per heavy atom. The number of hydrogen-bond donors (Lipinski definition) is 2. The highest BCUT2D eigenvalue weighted by atomic mass is 32.2. The molecule has 1 aliphatic rings. The summed E-state index contributed by atoms with van der Waals surface area (Å²) < 4.78 is 64.3. The van der Waals surface area contributed by atoms with Gasteiger partial charge >= 0.3 is 11.9 Å². The number of sulfonamides is 2. The van der Waals surface area contributed by atoms with Crippen LogP contribution in [0.25, 0.3) is 16.8 Å². The Labute approximate surface area is 360 Å². The lowest BCUT2D eigenvalue weighted by molar-refractivity contribution is 0.0397. The molecule has 1 aliphatic carbocycles. The summed E-state index contributed by atoms with van der Waals surface area (Å²) in [6, 6.07) is 44.8. The monoisotopic (exact) mass is 852 g/mol. The molecular weight excluding hydrogens is 817 g/mol. The van der Waals surface area contributed by atoms with Crippen LogP contribution < -0.4 is 9.44 Å². The molecule has 0 aliphatic heterocycles. The fraction of sp³-hybridized carbons (Fsp3) is 0.0588. The molecule has 0 radical (unpaired) electrons. The van der Waals surface area contributed by atoms with Crippen LogP contribution in [0.5, 0.6) is 0 Å². The molecule has 0 heterocycles. The number of ether oxygens (including phenoxy) is 1. The van der Waals surface area contributed by atoms with Gasteiger partial charge in [-0.1, -0.05) is 109 Å². The van der Waals surface area contributed by atoms with E-state index in [9.17, 15) is 26.4 Å². The molecule has 0 bridgehead atoms. The van der Waals surface area contributed by atoms with Gasteiger partial charge in [-0.05, 0) is 121 Å². The zero-order valence-electron chi connectivity index (χ0n) is 33.2. The number of nitrogens with one attached hydrogen (secondary N) is 2. The van der Waals surface area contributed by atoms with Crippen LogP contribution >= 0.6 is 0 Å². The number of esters is 2. The van der Waals surface area contributed by atoms with E-state index in [4.69, 9.17) is 4.74 Å². The lowest BCUT2D eigenvalue weighted by atomic mass is 9.98. The SMILES string of the molecule is Cc1cc(C#Cc2ccccc2NS(=O)(=O)c2cccc3ccccc23)ccc1C(=O)OC(=O)c1ccc(C#Cc2ccccc2NS(=O)(=O)C2=Cc3ccccc3CC2)cc1. The van der Waals surface area contributed by atoms with E-state index >= 15 is 0 Å². The van der Waals surface area contributed by atoms with E-state index in [1.165, 1.54) is 18.2 Å². The Morgan fingerprint density at radius 2 is 1.16 bits per heavy atom. The van der Waals surface area contributed by atoms with E-state index in [0.717, 1.165) is 16.5 Å². The van der Waals surface area contributed by atoms with E-state index in [2.05, 4.69) is 33.1 Å². The first-order valence-electron chi connectivity index (χ1n) is 19.4. The number of para-hydroxylation sites is 2. The molecule has 0 saturated heterocycles. The molecule has 0 aromatic heterocycles. The Hall–Kier alpha value is -7.70. The quantitative estimate of drug-likeness (QED) is 0.0884. The molecular formula is C51H36N2O7S2. The predicted molar refractivity (Wildman–Crippen MR) is 242 cm³/mol. The first-order chi connectivity index (χ1) is 29.9. The molecule has 2 N–H and O–H groups in total. The van der Waals surface area contributed by atoms with Crippen LogP contribution in [0.3, 0.4) is 0 Å². The molecule has 9 nitrogen and oxygen atoms in total. The number of hydrogen-bond acceptors (Lipinski definition) is 7. The maximum absolute atomic E-state index is 13.5. The van der Waals surface area contributed by atoms with Crippen molar-refractivity contribution in [2.45, 2.75) is 24.7 Å². The summed E-state index contributed by atoms with van der Waals surface area (Å²) >= 11 is 0. The summed E-state index contributed by atoms with van der Waals surface area (Å²) in [6.07, 6.45) is 2.73. The molecule has 304 valence electrons. The second-order valence-corrected chi connectivity index (χ2v) is 17.8. The average molecular weight is 853 g/mol. The van der Waals surface area contributed by atoms with Crippen molar-refractivity contribution in [1.82, 2.24) is 0 Å². The Morgan fingerprint density at radius 1 is 0.565 bits per heavy atom. The third-order valence-electron chi connectivity index (χ3n) is 10.2. The highest BCUT2D eigenvalue weighted by Crippen LogP contribution is 2.30. The summed E-state index contributed by atoms with van der Waals surface area (Å²) in [5.41, 5.74) is 5.52. The molecule has 7 aromatic rings. The van der Waals surface area contributed by atoms with Gasteiger partial charge in [-0.3, -0.25) is 9.44 Å². The topological polar surface area (TPSA) is 136 Å². The van der Waals surface area contributed by atoms with Crippen LogP contribution in [0, 0.1) is 30.6 Å². The minimum absolute atomic E-state index is 0.134. The first kappa shape index (κ1) is 41.1. The zero-order chi connectivity index (χ0) is 43.3. The summed E-state index contributed by atoms with van der Waals surface area (Å²) in [7, 11) is -7.78. The van der Waals surface area contributed by atoms with Gasteiger partial charge in [0.2, 0.25) is 0 Å². The van der Waals surface area contributed by atoms with Crippen molar-refractivity contribution >= 4 is 60.2 Å². The van der Waals surface area contributed by atoms with Crippen molar-refractivity contribution in [1.29, 1.82) is 0 Å². The van der Waals surface area contributed by atoms with Crippen molar-refractivity contribution in [3.8, 4) is 23.7 Å². The van der Waals surface area contributed by atoms with Gasteiger partial charge in [0.25, 0.3) is 20.0 Å². The van der Waals surface area contributed by atoms with Crippen LogP contribution in [0.4, 0.5) is 11.4 Å². The fourth-order valence-electron chi connectivity index (χ4n) is 6.96. The highest BCUT2D eigenvalue weighted by molar-refractivity contribution is 7.96. The predicted octanol–water partition coefficient (Wildman–Crippen LogP) is 9.47. The average Bonchev–Trinajstić information content (AvgIpc) is 3.28. The van der Waals surface area contributed by atoms with Crippen molar-refractivity contribution in [3.05, 3.63) is 213 Å². The number of carbonyl (C=O) groups excluding carboxylic acids is 2. The molecule has 0 unspecified atom stereocenters. The number of fused-ring (bicyclic) bond motifs is 2. The number of allylic oxidation sites excluding steroid dienone is 1. The molecule has 8 rings (SSSR count). The molecule has 0 spiro atoms. The largest absolute Gasteiger partial charge is 0.386 e. The van der Waals surface area contributed by atoms with Crippen LogP contribution in [-0.2, 0) is 31.2 Å². The van der Waals surface area contributed by atoms with Crippen LogP contribution in [0.2, 0.25) is 0 Å². The summed E-state index contributed by atoms with van der Waals surface area (Å²) in [6.45, 7) is 1.70. The van der Waals surface area contributed by atoms with Gasteiger partial charge in [0, 0.05) is 27.6 Å². The maximum Gasteiger partial charge on any atom is 0.346 e. The van der Waals surface area contributed by atoms with Gasteiger partial charge < -0.3 is 4.74 Å². The van der Waals surface area contributed by atoms with E-state index in [0.29, 0.717) is 62.3 Å². The number of aryl methyl sites for hydroxylation is 2. The second-order valence-electron chi connectivity index (χ2n) is 14.4.